The predicted molar refractivity (Wildman–Crippen MR) is 86.0 cm³/mol. The second-order valence-corrected chi connectivity index (χ2v) is 6.08. The lowest BCUT2D eigenvalue weighted by molar-refractivity contribution is -0.141. The predicted octanol–water partition coefficient (Wildman–Crippen LogP) is 0.792. The molecule has 0 aliphatic heterocycles. The number of nitrogens with one attached hydrogen (secondary N) is 2. The van der Waals surface area contributed by atoms with Crippen molar-refractivity contribution in [2.45, 2.75) is 26.8 Å². The number of rotatable bonds is 8. The molecule has 6 heteroatoms. The van der Waals surface area contributed by atoms with Gasteiger partial charge in [0.25, 0.3) is 0 Å². The maximum Gasteiger partial charge on any atom is 0.235 e. The molecule has 0 saturated carbocycles. The third-order valence-electron chi connectivity index (χ3n) is 3.41. The van der Waals surface area contributed by atoms with Gasteiger partial charge in [0.2, 0.25) is 11.8 Å². The molecule has 0 aliphatic carbocycles. The zero-order valence-electron chi connectivity index (χ0n) is 13.8. The molecule has 1 aromatic heterocycles. The summed E-state index contributed by atoms with van der Waals surface area (Å²) in [6.45, 7) is 5.12. The first-order chi connectivity index (χ1) is 10.3. The number of hydrogen-bond acceptors (Lipinski definition) is 4. The fraction of sp³-hybridized carbons (Fsp3) is 0.562. The third kappa shape index (κ3) is 5.81. The van der Waals surface area contributed by atoms with E-state index in [4.69, 9.17) is 0 Å². The number of pyridine rings is 1. The van der Waals surface area contributed by atoms with E-state index in [0.717, 1.165) is 18.5 Å². The van der Waals surface area contributed by atoms with Gasteiger partial charge in [-0.1, -0.05) is 0 Å². The Morgan fingerprint density at radius 1 is 1.14 bits per heavy atom. The van der Waals surface area contributed by atoms with Gasteiger partial charge in [0.15, 0.2) is 0 Å². The number of aromatic nitrogens is 1. The molecule has 22 heavy (non-hydrogen) atoms. The average Bonchev–Trinajstić information content (AvgIpc) is 2.49. The van der Waals surface area contributed by atoms with E-state index in [2.05, 4.69) is 20.5 Å². The molecule has 6 nitrogen and oxygen atoms in total. The molecule has 0 aromatic carbocycles. The summed E-state index contributed by atoms with van der Waals surface area (Å²) in [6.07, 6.45) is 4.20. The Morgan fingerprint density at radius 3 is 2.32 bits per heavy atom. The fourth-order valence-corrected chi connectivity index (χ4v) is 1.83. The molecule has 1 aromatic rings. The highest BCUT2D eigenvalue weighted by atomic mass is 16.2. The normalized spacial score (nSPS) is 11.3. The molecular formula is C16H26N4O2. The summed E-state index contributed by atoms with van der Waals surface area (Å²) in [5.41, 5.74) is -0.143. The molecule has 1 rings (SSSR count). The Kier molecular flexibility index (Phi) is 6.98. The molecule has 2 N–H and O–H groups in total. The summed E-state index contributed by atoms with van der Waals surface area (Å²) in [6, 6.07) is 3.66. The van der Waals surface area contributed by atoms with Crippen LogP contribution in [-0.4, -0.2) is 48.9 Å². The van der Waals surface area contributed by atoms with Gasteiger partial charge in [0, 0.05) is 25.5 Å². The Balaban J connectivity index is 2.42. The van der Waals surface area contributed by atoms with Crippen molar-refractivity contribution in [3.63, 3.8) is 0 Å². The van der Waals surface area contributed by atoms with E-state index in [1.54, 1.807) is 26.2 Å². The van der Waals surface area contributed by atoms with Gasteiger partial charge in [-0.05, 0) is 58.6 Å². The van der Waals surface area contributed by atoms with Crippen LogP contribution in [0.2, 0.25) is 0 Å². The van der Waals surface area contributed by atoms with Crippen LogP contribution in [0.25, 0.3) is 0 Å². The van der Waals surface area contributed by atoms with Crippen LogP contribution in [0.15, 0.2) is 24.5 Å². The lowest BCUT2D eigenvalue weighted by atomic mass is 9.91. The highest BCUT2D eigenvalue weighted by Gasteiger charge is 2.35. The summed E-state index contributed by atoms with van der Waals surface area (Å²) in [7, 11) is 3.97. The first-order valence-corrected chi connectivity index (χ1v) is 7.44. The van der Waals surface area contributed by atoms with Crippen LogP contribution in [0.3, 0.4) is 0 Å². The second-order valence-electron chi connectivity index (χ2n) is 6.08. The van der Waals surface area contributed by atoms with Crippen molar-refractivity contribution >= 4 is 11.8 Å². The van der Waals surface area contributed by atoms with E-state index < -0.39 is 5.41 Å². The lowest BCUT2D eigenvalue weighted by Crippen LogP contribution is -2.48. The second kappa shape index (κ2) is 8.48. The van der Waals surface area contributed by atoms with Crippen LogP contribution in [0.5, 0.6) is 0 Å². The van der Waals surface area contributed by atoms with E-state index in [9.17, 15) is 9.59 Å². The quantitative estimate of drug-likeness (QED) is 0.550. The standard InChI is InChI=1S/C16H26N4O2/c1-16(2,14(21)18-8-5-11-20(3)4)15(22)19-12-13-6-9-17-10-7-13/h6-7,9-10H,5,8,11-12H2,1-4H3,(H,18,21)(H,19,22). The number of amides is 2. The molecule has 0 unspecified atom stereocenters. The van der Waals surface area contributed by atoms with Crippen LogP contribution in [0, 0.1) is 5.41 Å². The number of carbonyl (C=O) groups is 2. The number of carbonyl (C=O) groups excluding carboxylic acids is 2. The Morgan fingerprint density at radius 2 is 1.73 bits per heavy atom. The molecule has 0 fully saturated rings. The molecule has 0 spiro atoms. The van der Waals surface area contributed by atoms with Crippen molar-refractivity contribution in [1.29, 1.82) is 0 Å². The average molecular weight is 306 g/mol. The number of nitrogens with zero attached hydrogens (tertiary/aromatic N) is 2. The van der Waals surface area contributed by atoms with Gasteiger partial charge >= 0.3 is 0 Å². The van der Waals surface area contributed by atoms with Gasteiger partial charge < -0.3 is 15.5 Å². The van der Waals surface area contributed by atoms with Gasteiger partial charge in [-0.3, -0.25) is 14.6 Å². The Labute approximate surface area is 132 Å². The minimum absolute atomic E-state index is 0.251. The van der Waals surface area contributed by atoms with Crippen molar-refractivity contribution < 1.29 is 9.59 Å². The van der Waals surface area contributed by atoms with E-state index in [1.165, 1.54) is 0 Å². The minimum atomic E-state index is -1.09. The third-order valence-corrected chi connectivity index (χ3v) is 3.41. The highest BCUT2D eigenvalue weighted by Crippen LogP contribution is 2.15. The van der Waals surface area contributed by atoms with Crippen LogP contribution in [-0.2, 0) is 16.1 Å². The largest absolute Gasteiger partial charge is 0.355 e. The molecule has 2 amide bonds. The maximum absolute atomic E-state index is 12.2. The lowest BCUT2D eigenvalue weighted by Gasteiger charge is -2.23. The van der Waals surface area contributed by atoms with E-state index >= 15 is 0 Å². The summed E-state index contributed by atoms with van der Waals surface area (Å²) in [5.74, 6) is -0.534. The van der Waals surface area contributed by atoms with Crippen molar-refractivity contribution in [3.8, 4) is 0 Å². The van der Waals surface area contributed by atoms with Gasteiger partial charge in [-0.2, -0.15) is 0 Å². The SMILES string of the molecule is CN(C)CCCNC(=O)C(C)(C)C(=O)NCc1ccncc1. The van der Waals surface area contributed by atoms with Gasteiger partial charge in [-0.15, -0.1) is 0 Å². The van der Waals surface area contributed by atoms with Crippen LogP contribution < -0.4 is 10.6 Å². The van der Waals surface area contributed by atoms with E-state index in [1.807, 2.05) is 26.2 Å². The molecule has 122 valence electrons. The molecule has 0 atom stereocenters. The van der Waals surface area contributed by atoms with Crippen molar-refractivity contribution in [2.24, 2.45) is 5.41 Å². The zero-order valence-corrected chi connectivity index (χ0v) is 13.8. The van der Waals surface area contributed by atoms with Crippen molar-refractivity contribution in [1.82, 2.24) is 20.5 Å². The molecule has 0 radical (unpaired) electrons. The van der Waals surface area contributed by atoms with E-state index in [0.29, 0.717) is 13.1 Å². The van der Waals surface area contributed by atoms with Gasteiger partial charge in [0.1, 0.15) is 5.41 Å². The molecule has 0 aliphatic rings. The molecule has 0 saturated heterocycles. The van der Waals surface area contributed by atoms with Crippen molar-refractivity contribution in [2.75, 3.05) is 27.2 Å². The van der Waals surface area contributed by atoms with Gasteiger partial charge in [-0.25, -0.2) is 0 Å². The Bertz CT molecular complexity index is 486. The molecule has 1 heterocycles. The Hall–Kier alpha value is -1.95. The van der Waals surface area contributed by atoms with Crippen LogP contribution >= 0.6 is 0 Å². The van der Waals surface area contributed by atoms with Crippen molar-refractivity contribution in [3.05, 3.63) is 30.1 Å². The highest BCUT2D eigenvalue weighted by molar-refractivity contribution is 6.04. The fourth-order valence-electron chi connectivity index (χ4n) is 1.83. The van der Waals surface area contributed by atoms with Crippen LogP contribution in [0.1, 0.15) is 25.8 Å². The minimum Gasteiger partial charge on any atom is -0.355 e. The topological polar surface area (TPSA) is 74.3 Å². The zero-order chi connectivity index (χ0) is 16.6. The monoisotopic (exact) mass is 306 g/mol. The summed E-state index contributed by atoms with van der Waals surface area (Å²) in [5, 5.41) is 5.61. The van der Waals surface area contributed by atoms with E-state index in [-0.39, 0.29) is 11.8 Å². The smallest absolute Gasteiger partial charge is 0.235 e. The first kappa shape index (κ1) is 18.1. The summed E-state index contributed by atoms with van der Waals surface area (Å²) >= 11 is 0. The molecular weight excluding hydrogens is 280 g/mol. The van der Waals surface area contributed by atoms with Gasteiger partial charge in [0.05, 0.1) is 0 Å². The van der Waals surface area contributed by atoms with Crippen LogP contribution in [0.4, 0.5) is 0 Å². The summed E-state index contributed by atoms with van der Waals surface area (Å²) in [4.78, 5) is 30.4. The first-order valence-electron chi connectivity index (χ1n) is 7.44. The maximum atomic E-state index is 12.2. The summed E-state index contributed by atoms with van der Waals surface area (Å²) < 4.78 is 0. The number of hydrogen-bond donors (Lipinski definition) is 2. The molecule has 0 bridgehead atoms.